The molecule has 47 heavy (non-hydrogen) atoms. The summed E-state index contributed by atoms with van der Waals surface area (Å²) in [5, 5.41) is 4.41. The molecule has 3 heterocycles. The van der Waals surface area contributed by atoms with E-state index in [0.29, 0.717) is 62.9 Å². The zero-order valence-corrected chi connectivity index (χ0v) is 28.1. The van der Waals surface area contributed by atoms with Gasteiger partial charge in [0.25, 0.3) is 0 Å². The Morgan fingerprint density at radius 2 is 1.85 bits per heavy atom. The topological polar surface area (TPSA) is 91.3 Å². The van der Waals surface area contributed by atoms with Crippen LogP contribution in [0.2, 0.25) is 0 Å². The summed E-state index contributed by atoms with van der Waals surface area (Å²) in [6, 6.07) is 9.11. The second-order valence-corrected chi connectivity index (χ2v) is 14.5. The number of hydrogen-bond donors (Lipinski definition) is 1. The SMILES string of the molecule is COC(=O)c1ccc([C@H]2CC3(CCN2Cc2c(OC)cc(C)c4c2ccn4C(=O)OC(C)(C)C)CC(F)(F)C3)c(NCC2COC2)c1. The molecular weight excluding hydrogens is 608 g/mol. The predicted octanol–water partition coefficient (Wildman–Crippen LogP) is 7.34. The molecule has 6 rings (SSSR count). The van der Waals surface area contributed by atoms with Gasteiger partial charge >= 0.3 is 12.1 Å². The van der Waals surface area contributed by atoms with E-state index in [1.807, 2.05) is 45.9 Å². The molecule has 2 aliphatic heterocycles. The first kappa shape index (κ1) is 33.2. The van der Waals surface area contributed by atoms with Gasteiger partial charge in [-0.25, -0.2) is 18.4 Å². The third-order valence-electron chi connectivity index (χ3n) is 9.79. The lowest BCUT2D eigenvalue weighted by molar-refractivity contribution is -0.186. The highest BCUT2D eigenvalue weighted by atomic mass is 19.3. The van der Waals surface area contributed by atoms with Gasteiger partial charge in [-0.15, -0.1) is 0 Å². The van der Waals surface area contributed by atoms with E-state index in [9.17, 15) is 18.4 Å². The molecule has 0 radical (unpaired) electrons. The summed E-state index contributed by atoms with van der Waals surface area (Å²) in [5.74, 6) is -2.05. The van der Waals surface area contributed by atoms with E-state index in [-0.39, 0.29) is 18.9 Å². The average molecular weight is 654 g/mol. The molecule has 0 unspecified atom stereocenters. The molecule has 254 valence electrons. The molecule has 0 amide bonds. The van der Waals surface area contributed by atoms with Gasteiger partial charge in [-0.2, -0.15) is 0 Å². The Labute approximate surface area is 274 Å². The minimum Gasteiger partial charge on any atom is -0.496 e. The number of esters is 1. The van der Waals surface area contributed by atoms with Gasteiger partial charge in [0.2, 0.25) is 5.92 Å². The highest BCUT2D eigenvalue weighted by Gasteiger charge is 2.58. The van der Waals surface area contributed by atoms with Crippen LogP contribution < -0.4 is 10.1 Å². The Hall–Kier alpha value is -3.70. The first-order chi connectivity index (χ1) is 22.2. The number of hydrogen-bond acceptors (Lipinski definition) is 8. The van der Waals surface area contributed by atoms with Crippen molar-refractivity contribution < 1.29 is 37.3 Å². The van der Waals surface area contributed by atoms with Gasteiger partial charge in [-0.3, -0.25) is 9.47 Å². The summed E-state index contributed by atoms with van der Waals surface area (Å²) in [6.07, 6.45) is 2.22. The van der Waals surface area contributed by atoms with Crippen LogP contribution in [0.15, 0.2) is 36.5 Å². The molecule has 1 aliphatic carbocycles. The number of nitrogens with zero attached hydrogens (tertiary/aromatic N) is 2. The minimum atomic E-state index is -2.65. The van der Waals surface area contributed by atoms with E-state index < -0.39 is 29.0 Å². The van der Waals surface area contributed by atoms with Crippen LogP contribution >= 0.6 is 0 Å². The van der Waals surface area contributed by atoms with Gasteiger partial charge in [0.15, 0.2) is 0 Å². The Kier molecular flexibility index (Phi) is 8.76. The monoisotopic (exact) mass is 653 g/mol. The van der Waals surface area contributed by atoms with Gasteiger partial charge in [-0.05, 0) is 87.9 Å². The number of methoxy groups -OCH3 is 2. The second kappa shape index (κ2) is 12.4. The smallest absolute Gasteiger partial charge is 0.419 e. The van der Waals surface area contributed by atoms with Gasteiger partial charge in [0.1, 0.15) is 11.4 Å². The summed E-state index contributed by atoms with van der Waals surface area (Å²) < 4.78 is 52.3. The molecule has 9 nitrogen and oxygen atoms in total. The number of carbonyl (C=O) groups is 2. The van der Waals surface area contributed by atoms with Crippen LogP contribution in [0.4, 0.5) is 19.3 Å². The Morgan fingerprint density at radius 3 is 2.47 bits per heavy atom. The maximum Gasteiger partial charge on any atom is 0.419 e. The quantitative estimate of drug-likeness (QED) is 0.253. The van der Waals surface area contributed by atoms with Crippen molar-refractivity contribution in [1.29, 1.82) is 0 Å². The van der Waals surface area contributed by atoms with E-state index >= 15 is 0 Å². The van der Waals surface area contributed by atoms with Crippen LogP contribution in [0.3, 0.4) is 0 Å². The van der Waals surface area contributed by atoms with Crippen LogP contribution in [0.25, 0.3) is 10.9 Å². The lowest BCUT2D eigenvalue weighted by Gasteiger charge is -2.55. The summed E-state index contributed by atoms with van der Waals surface area (Å²) in [4.78, 5) is 28.1. The maximum atomic E-state index is 14.4. The largest absolute Gasteiger partial charge is 0.496 e. The van der Waals surface area contributed by atoms with Gasteiger partial charge in [0, 0.05) is 60.7 Å². The second-order valence-electron chi connectivity index (χ2n) is 14.5. The van der Waals surface area contributed by atoms with Crippen molar-refractivity contribution in [3.8, 4) is 5.75 Å². The maximum absolute atomic E-state index is 14.4. The Bertz CT molecular complexity index is 1670. The number of carbonyl (C=O) groups excluding carboxylic acids is 2. The third kappa shape index (κ3) is 6.69. The van der Waals surface area contributed by atoms with Gasteiger partial charge in [-0.1, -0.05) is 6.07 Å². The third-order valence-corrected chi connectivity index (χ3v) is 9.79. The van der Waals surface area contributed by atoms with Crippen molar-refractivity contribution >= 4 is 28.7 Å². The molecule has 1 aromatic heterocycles. The van der Waals surface area contributed by atoms with Crippen LogP contribution in [-0.4, -0.2) is 73.6 Å². The van der Waals surface area contributed by atoms with Crippen LogP contribution in [0, 0.1) is 18.3 Å². The summed E-state index contributed by atoms with van der Waals surface area (Å²) in [5.41, 5.74) is 3.54. The number of benzene rings is 2. The van der Waals surface area contributed by atoms with Crippen LogP contribution in [-0.2, 0) is 20.8 Å². The summed E-state index contributed by atoms with van der Waals surface area (Å²) >= 11 is 0. The van der Waals surface area contributed by atoms with Crippen LogP contribution in [0.1, 0.15) is 79.5 Å². The molecule has 1 saturated carbocycles. The molecule has 3 aliphatic rings. The molecular formula is C36H45F2N3O6. The number of alkyl halides is 2. The van der Waals surface area contributed by atoms with Crippen molar-refractivity contribution in [1.82, 2.24) is 9.47 Å². The van der Waals surface area contributed by atoms with Gasteiger partial charge in [0.05, 0.1) is 38.5 Å². The number of aromatic nitrogens is 1. The molecule has 0 bridgehead atoms. The zero-order valence-electron chi connectivity index (χ0n) is 28.1. The number of aryl methyl sites for hydroxylation is 1. The molecule has 1 atom stereocenters. The van der Waals surface area contributed by atoms with Crippen molar-refractivity contribution in [2.45, 2.75) is 77.5 Å². The molecule has 11 heteroatoms. The zero-order chi connectivity index (χ0) is 33.7. The lowest BCUT2D eigenvalue weighted by atomic mass is 9.58. The number of piperidine rings is 1. The normalized spacial score (nSPS) is 20.8. The Balaban J connectivity index is 1.40. The molecule has 1 N–H and O–H groups in total. The molecule has 3 aromatic rings. The number of anilines is 1. The molecule has 2 saturated heterocycles. The summed E-state index contributed by atoms with van der Waals surface area (Å²) in [6.45, 7) is 10.5. The number of likely N-dealkylation sites (tertiary alicyclic amines) is 1. The predicted molar refractivity (Wildman–Crippen MR) is 174 cm³/mol. The van der Waals surface area contributed by atoms with Crippen molar-refractivity contribution in [2.24, 2.45) is 11.3 Å². The first-order valence-electron chi connectivity index (χ1n) is 16.3. The van der Waals surface area contributed by atoms with E-state index in [1.54, 1.807) is 25.4 Å². The number of halogens is 2. The molecule has 2 aromatic carbocycles. The minimum absolute atomic E-state index is 0.121. The summed E-state index contributed by atoms with van der Waals surface area (Å²) in [7, 11) is 2.98. The average Bonchev–Trinajstić information content (AvgIpc) is 3.42. The molecule has 3 fully saturated rings. The fourth-order valence-electron chi connectivity index (χ4n) is 7.52. The Morgan fingerprint density at radius 1 is 1.11 bits per heavy atom. The van der Waals surface area contributed by atoms with Crippen LogP contribution in [0.5, 0.6) is 5.75 Å². The van der Waals surface area contributed by atoms with Gasteiger partial charge < -0.3 is 24.3 Å². The fourth-order valence-corrected chi connectivity index (χ4v) is 7.52. The van der Waals surface area contributed by atoms with Crippen molar-refractivity contribution in [3.05, 3.63) is 58.8 Å². The lowest BCUT2D eigenvalue weighted by Crippen LogP contribution is -2.53. The van der Waals surface area contributed by atoms with Crippen molar-refractivity contribution in [3.63, 3.8) is 0 Å². The van der Waals surface area contributed by atoms with E-state index in [0.717, 1.165) is 33.3 Å². The molecule has 1 spiro atoms. The number of fused-ring (bicyclic) bond motifs is 1. The number of ether oxygens (including phenoxy) is 4. The van der Waals surface area contributed by atoms with E-state index in [4.69, 9.17) is 18.9 Å². The van der Waals surface area contributed by atoms with E-state index in [2.05, 4.69) is 10.2 Å². The highest BCUT2D eigenvalue weighted by Crippen LogP contribution is 2.61. The first-order valence-corrected chi connectivity index (χ1v) is 16.3. The number of rotatable bonds is 8. The van der Waals surface area contributed by atoms with Crippen molar-refractivity contribution in [2.75, 3.05) is 45.8 Å². The highest BCUT2D eigenvalue weighted by molar-refractivity contribution is 5.95. The number of nitrogens with one attached hydrogen (secondary N) is 1. The standard InChI is InChI=1S/C36H45F2N3O6/c1-22-13-30(44-5)27(25-9-11-41(31(22)25)33(43)47-34(2,3)4)17-40-12-10-35(20-36(37,38)21-35)15-29(40)26-8-7-24(32(42)45-6)14-28(26)39-16-23-18-46-19-23/h7-9,11,13-14,23,29,39H,10,12,15-21H2,1-6H3/t29-/m1/s1. The van der Waals surface area contributed by atoms with E-state index in [1.165, 1.54) is 11.7 Å². The fraction of sp³-hybridized carbons (Fsp3) is 0.556.